The number of carbonyl (C=O) groups excluding carboxylic acids is 1. The number of hydrogen-bond donors (Lipinski definition) is 1. The van der Waals surface area contributed by atoms with E-state index in [0.29, 0.717) is 29.9 Å². The first-order chi connectivity index (χ1) is 19.7. The Balaban J connectivity index is 1.45. The minimum atomic E-state index is -5.00. The maximum absolute atomic E-state index is 13.3. The van der Waals surface area contributed by atoms with E-state index < -0.39 is 35.4 Å². The summed E-state index contributed by atoms with van der Waals surface area (Å²) in [5, 5.41) is 8.92. The van der Waals surface area contributed by atoms with Gasteiger partial charge in [-0.15, -0.1) is 0 Å². The third-order valence-corrected chi connectivity index (χ3v) is 7.23. The molecule has 1 saturated heterocycles. The predicted molar refractivity (Wildman–Crippen MR) is 147 cm³/mol. The maximum atomic E-state index is 13.3. The number of thioether (sulfide) groups is 1. The number of alkyl halides is 6. The standard InChI is InChI=1S/C28H20F6N2O4S2/c29-27(30,31)18-12-17(13-19(14-18)28(32,33)34)22-7-2-5-20(35-22)15-23-25(39)36(26(41)42-23)8-3-9-40-21-6-1-4-16(10-21)11-24(37)38/h1-2,4-7,10,12-15H,3,8-9,11H2,(H,37,38)/b23-15-. The fourth-order valence-corrected chi connectivity index (χ4v) is 5.25. The van der Waals surface area contributed by atoms with Crippen LogP contribution in [0.2, 0.25) is 0 Å². The molecule has 1 aliphatic rings. The lowest BCUT2D eigenvalue weighted by atomic mass is 10.0. The van der Waals surface area contributed by atoms with Gasteiger partial charge >= 0.3 is 18.3 Å². The van der Waals surface area contributed by atoms with Gasteiger partial charge in [0.05, 0.1) is 40.4 Å². The first-order valence-electron chi connectivity index (χ1n) is 12.2. The number of rotatable bonds is 9. The van der Waals surface area contributed by atoms with E-state index in [1.807, 2.05) is 0 Å². The summed E-state index contributed by atoms with van der Waals surface area (Å²) in [7, 11) is 0. The molecule has 42 heavy (non-hydrogen) atoms. The normalized spacial score (nSPS) is 15.0. The van der Waals surface area contributed by atoms with Crippen molar-refractivity contribution >= 4 is 46.3 Å². The molecule has 1 aromatic heterocycles. The molecular formula is C28H20F6N2O4S2. The number of amides is 1. The van der Waals surface area contributed by atoms with Crippen LogP contribution in [-0.4, -0.2) is 44.3 Å². The summed E-state index contributed by atoms with van der Waals surface area (Å²) in [6.07, 6.45) is -8.39. The van der Waals surface area contributed by atoms with Crippen LogP contribution in [0.15, 0.2) is 65.6 Å². The Kier molecular flexibility index (Phi) is 9.26. The maximum Gasteiger partial charge on any atom is 0.416 e. The zero-order valence-electron chi connectivity index (χ0n) is 21.3. The second-order valence-electron chi connectivity index (χ2n) is 9.00. The molecular weight excluding hydrogens is 606 g/mol. The SMILES string of the molecule is O=C(O)Cc1cccc(OCCCN2C(=O)/C(=C/c3cccc(-c4cc(C(F)(F)F)cc(C(F)(F)F)c4)n3)SC2=S)c1. The van der Waals surface area contributed by atoms with Gasteiger partial charge in [0.15, 0.2) is 0 Å². The summed E-state index contributed by atoms with van der Waals surface area (Å²) in [5.41, 5.74) is -2.72. The Hall–Kier alpha value is -3.91. The number of aromatic nitrogens is 1. The zero-order chi connectivity index (χ0) is 30.7. The molecule has 14 heteroatoms. The molecule has 2 aromatic carbocycles. The van der Waals surface area contributed by atoms with Gasteiger partial charge < -0.3 is 9.84 Å². The minimum absolute atomic E-state index is 0.0420. The van der Waals surface area contributed by atoms with E-state index in [2.05, 4.69) is 4.98 Å². The fraction of sp³-hybridized carbons (Fsp3) is 0.214. The van der Waals surface area contributed by atoms with E-state index in [0.717, 1.165) is 11.8 Å². The lowest BCUT2D eigenvalue weighted by Gasteiger charge is -2.15. The van der Waals surface area contributed by atoms with Crippen molar-refractivity contribution in [2.75, 3.05) is 13.2 Å². The zero-order valence-corrected chi connectivity index (χ0v) is 23.0. The van der Waals surface area contributed by atoms with E-state index in [9.17, 15) is 35.9 Å². The highest BCUT2D eigenvalue weighted by Crippen LogP contribution is 2.39. The quantitative estimate of drug-likeness (QED) is 0.118. The Bertz CT molecular complexity index is 1520. The van der Waals surface area contributed by atoms with E-state index in [1.165, 1.54) is 29.2 Å². The molecule has 2 heterocycles. The number of halogens is 6. The molecule has 1 fully saturated rings. The lowest BCUT2D eigenvalue weighted by Crippen LogP contribution is -2.29. The number of hydrogen-bond acceptors (Lipinski definition) is 6. The first kappa shape index (κ1) is 31.0. The topological polar surface area (TPSA) is 79.7 Å². The molecule has 1 aliphatic heterocycles. The summed E-state index contributed by atoms with van der Waals surface area (Å²) in [4.78, 5) is 29.6. The molecule has 0 aliphatic carbocycles. The van der Waals surface area contributed by atoms with Crippen LogP contribution in [0.1, 0.15) is 28.8 Å². The monoisotopic (exact) mass is 626 g/mol. The van der Waals surface area contributed by atoms with Gasteiger partial charge in [0.2, 0.25) is 0 Å². The Morgan fingerprint density at radius 3 is 2.31 bits per heavy atom. The molecule has 4 rings (SSSR count). The summed E-state index contributed by atoms with van der Waals surface area (Å²) < 4.78 is 85.7. The summed E-state index contributed by atoms with van der Waals surface area (Å²) in [5.74, 6) is -0.921. The minimum Gasteiger partial charge on any atom is -0.494 e. The van der Waals surface area contributed by atoms with E-state index in [1.54, 1.807) is 24.3 Å². The molecule has 6 nitrogen and oxygen atoms in total. The number of carboxylic acid groups (broad SMARTS) is 1. The number of nitrogens with zero attached hydrogens (tertiary/aromatic N) is 2. The lowest BCUT2D eigenvalue weighted by molar-refractivity contribution is -0.143. The van der Waals surface area contributed by atoms with Crippen LogP contribution in [-0.2, 0) is 28.4 Å². The number of thiocarbonyl (C=S) groups is 1. The Morgan fingerprint density at radius 1 is 1.00 bits per heavy atom. The number of carbonyl (C=O) groups is 2. The molecule has 0 unspecified atom stereocenters. The molecule has 0 saturated carbocycles. The van der Waals surface area contributed by atoms with Gasteiger partial charge in [0, 0.05) is 12.1 Å². The van der Waals surface area contributed by atoms with Gasteiger partial charge in [-0.25, -0.2) is 4.98 Å². The molecule has 3 aromatic rings. The van der Waals surface area contributed by atoms with Crippen molar-refractivity contribution in [3.05, 3.63) is 88.0 Å². The highest BCUT2D eigenvalue weighted by Gasteiger charge is 2.37. The average molecular weight is 627 g/mol. The first-order valence-corrected chi connectivity index (χ1v) is 13.4. The number of aliphatic carboxylic acids is 1. The van der Waals surface area contributed by atoms with Gasteiger partial charge in [-0.2, -0.15) is 26.3 Å². The van der Waals surface area contributed by atoms with Crippen molar-refractivity contribution in [2.24, 2.45) is 0 Å². The number of pyridine rings is 1. The van der Waals surface area contributed by atoms with Crippen molar-refractivity contribution in [2.45, 2.75) is 25.2 Å². The second-order valence-corrected chi connectivity index (χ2v) is 10.7. The smallest absolute Gasteiger partial charge is 0.416 e. The highest BCUT2D eigenvalue weighted by molar-refractivity contribution is 8.26. The molecule has 220 valence electrons. The van der Waals surface area contributed by atoms with E-state index in [4.69, 9.17) is 22.1 Å². The van der Waals surface area contributed by atoms with Crippen LogP contribution in [0.4, 0.5) is 26.3 Å². The van der Waals surface area contributed by atoms with Gasteiger partial charge in [0.25, 0.3) is 5.91 Å². The number of carboxylic acids is 1. The van der Waals surface area contributed by atoms with Gasteiger partial charge in [-0.05, 0) is 60.5 Å². The van der Waals surface area contributed by atoms with Crippen LogP contribution >= 0.6 is 24.0 Å². The number of ether oxygens (including phenoxy) is 1. The molecule has 0 spiro atoms. The average Bonchev–Trinajstić information content (AvgIpc) is 3.17. The molecule has 1 N–H and O–H groups in total. The van der Waals surface area contributed by atoms with Crippen LogP contribution in [0, 0.1) is 0 Å². The van der Waals surface area contributed by atoms with Gasteiger partial charge in [-0.3, -0.25) is 14.5 Å². The van der Waals surface area contributed by atoms with Crippen LogP contribution in [0.5, 0.6) is 5.75 Å². The molecule has 0 bridgehead atoms. The van der Waals surface area contributed by atoms with Crippen molar-refractivity contribution in [1.82, 2.24) is 9.88 Å². The Morgan fingerprint density at radius 2 is 1.67 bits per heavy atom. The summed E-state index contributed by atoms with van der Waals surface area (Å²) in [6.45, 7) is 0.432. The van der Waals surface area contributed by atoms with Crippen LogP contribution < -0.4 is 4.74 Å². The van der Waals surface area contributed by atoms with Gasteiger partial charge in [0.1, 0.15) is 10.1 Å². The largest absolute Gasteiger partial charge is 0.494 e. The van der Waals surface area contributed by atoms with E-state index in [-0.39, 0.29) is 51.8 Å². The fourth-order valence-electron chi connectivity index (χ4n) is 3.96. The summed E-state index contributed by atoms with van der Waals surface area (Å²) in [6, 6.07) is 12.0. The third kappa shape index (κ3) is 7.88. The van der Waals surface area contributed by atoms with Crippen LogP contribution in [0.25, 0.3) is 17.3 Å². The van der Waals surface area contributed by atoms with Crippen molar-refractivity contribution in [1.29, 1.82) is 0 Å². The van der Waals surface area contributed by atoms with Crippen molar-refractivity contribution in [3.8, 4) is 17.0 Å². The van der Waals surface area contributed by atoms with Gasteiger partial charge in [-0.1, -0.05) is 42.2 Å². The third-order valence-electron chi connectivity index (χ3n) is 5.86. The second kappa shape index (κ2) is 12.5. The van der Waals surface area contributed by atoms with Crippen molar-refractivity contribution in [3.63, 3.8) is 0 Å². The molecule has 0 radical (unpaired) electrons. The van der Waals surface area contributed by atoms with Crippen molar-refractivity contribution < 1.29 is 45.8 Å². The summed E-state index contributed by atoms with van der Waals surface area (Å²) >= 11 is 6.30. The van der Waals surface area contributed by atoms with E-state index >= 15 is 0 Å². The van der Waals surface area contributed by atoms with Crippen LogP contribution in [0.3, 0.4) is 0 Å². The predicted octanol–water partition coefficient (Wildman–Crippen LogP) is 7.08. The Labute approximate surface area is 245 Å². The highest BCUT2D eigenvalue weighted by atomic mass is 32.2. The molecule has 0 atom stereocenters. The number of benzene rings is 2. The molecule has 1 amide bonds.